The third-order valence-electron chi connectivity index (χ3n) is 6.82. The minimum absolute atomic E-state index is 0.0176. The lowest BCUT2D eigenvalue weighted by Gasteiger charge is -2.31. The van der Waals surface area contributed by atoms with E-state index in [4.69, 9.17) is 4.42 Å². The normalized spacial score (nSPS) is 32.3. The van der Waals surface area contributed by atoms with E-state index in [9.17, 15) is 14.4 Å². The Morgan fingerprint density at radius 3 is 2.29 bits per heavy atom. The Labute approximate surface area is 172 Å². The van der Waals surface area contributed by atoms with E-state index in [-0.39, 0.29) is 47.8 Å². The van der Waals surface area contributed by atoms with Crippen LogP contribution in [0.1, 0.15) is 43.9 Å². The summed E-state index contributed by atoms with van der Waals surface area (Å²) in [6.45, 7) is 1.49. The zero-order valence-corrected chi connectivity index (χ0v) is 17.1. The van der Waals surface area contributed by atoms with Crippen molar-refractivity contribution in [2.45, 2.75) is 38.1 Å². The van der Waals surface area contributed by atoms with Crippen LogP contribution in [0, 0.1) is 23.7 Å². The molecule has 4 aliphatic rings. The minimum atomic E-state index is -0.675. The average molecular weight is 447 g/mol. The average Bonchev–Trinajstić information content (AvgIpc) is 3.46. The number of carbonyl (C=O) groups excluding carboxylic acids is 3. The van der Waals surface area contributed by atoms with Crippen LogP contribution in [0.5, 0.6) is 0 Å². The lowest BCUT2D eigenvalue weighted by molar-refractivity contribution is -0.146. The molecule has 6 nitrogen and oxygen atoms in total. The van der Waals surface area contributed by atoms with E-state index < -0.39 is 6.04 Å². The second kappa shape index (κ2) is 6.87. The van der Waals surface area contributed by atoms with E-state index in [1.807, 2.05) is 4.90 Å². The highest BCUT2D eigenvalue weighted by Crippen LogP contribution is 2.54. The van der Waals surface area contributed by atoms with Crippen molar-refractivity contribution in [1.29, 1.82) is 0 Å². The number of nitrogens with zero attached hydrogens (tertiary/aromatic N) is 2. The number of likely N-dealkylation sites (tertiary alicyclic amines) is 2. The molecule has 2 saturated heterocycles. The molecular weight excluding hydrogens is 424 g/mol. The van der Waals surface area contributed by atoms with E-state index in [1.165, 1.54) is 4.90 Å². The maximum Gasteiger partial charge on any atom is 0.234 e. The van der Waals surface area contributed by atoms with Crippen LogP contribution < -0.4 is 0 Å². The highest BCUT2D eigenvalue weighted by Gasteiger charge is 2.61. The highest BCUT2D eigenvalue weighted by molar-refractivity contribution is 9.10. The number of carbonyl (C=O) groups is 3. The van der Waals surface area contributed by atoms with Gasteiger partial charge in [-0.2, -0.15) is 0 Å². The second-order valence-corrected chi connectivity index (χ2v) is 9.13. The Morgan fingerprint density at radius 2 is 1.71 bits per heavy atom. The van der Waals surface area contributed by atoms with Gasteiger partial charge in [0.15, 0.2) is 4.67 Å². The summed E-state index contributed by atoms with van der Waals surface area (Å²) in [5.41, 5.74) is 0. The molecule has 0 radical (unpaired) electrons. The Morgan fingerprint density at radius 1 is 1.07 bits per heavy atom. The van der Waals surface area contributed by atoms with Crippen LogP contribution in [0.4, 0.5) is 0 Å². The van der Waals surface area contributed by atoms with E-state index >= 15 is 0 Å². The molecule has 3 amide bonds. The van der Waals surface area contributed by atoms with E-state index in [2.05, 4.69) is 28.1 Å². The summed E-state index contributed by atoms with van der Waals surface area (Å²) in [7, 11) is 0. The van der Waals surface area contributed by atoms with Gasteiger partial charge in [0, 0.05) is 13.1 Å². The summed E-state index contributed by atoms with van der Waals surface area (Å²) in [5.74, 6) is -0.0553. The summed E-state index contributed by atoms with van der Waals surface area (Å²) >= 11 is 3.30. The van der Waals surface area contributed by atoms with Gasteiger partial charge >= 0.3 is 0 Å². The molecule has 5 atom stereocenters. The summed E-state index contributed by atoms with van der Waals surface area (Å²) in [5, 5.41) is 0. The van der Waals surface area contributed by atoms with E-state index in [0.717, 1.165) is 38.8 Å². The first-order valence-electron chi connectivity index (χ1n) is 10.1. The van der Waals surface area contributed by atoms with Crippen LogP contribution in [-0.2, 0) is 14.4 Å². The van der Waals surface area contributed by atoms with Crippen molar-refractivity contribution in [3.8, 4) is 0 Å². The smallest absolute Gasteiger partial charge is 0.234 e. The number of allylic oxidation sites excluding steroid dienone is 2. The van der Waals surface area contributed by atoms with Crippen molar-refractivity contribution in [2.24, 2.45) is 23.7 Å². The first kappa shape index (κ1) is 18.2. The Kier molecular flexibility index (Phi) is 4.45. The van der Waals surface area contributed by atoms with Crippen molar-refractivity contribution in [2.75, 3.05) is 13.1 Å². The zero-order valence-electron chi connectivity index (χ0n) is 15.6. The molecule has 0 spiro atoms. The molecule has 3 fully saturated rings. The van der Waals surface area contributed by atoms with Crippen LogP contribution in [0.3, 0.4) is 0 Å². The van der Waals surface area contributed by atoms with Crippen LogP contribution in [0.2, 0.25) is 0 Å². The standard InChI is InChI=1S/C21H23BrN2O4/c22-16-7-6-15(28-16)14(11-17(25)23-8-2-1-3-9-23)24-20(26)18-12-4-5-13(10-12)19(18)21(24)27/h4-7,12-14,18-19H,1-3,8-11H2. The molecule has 1 saturated carbocycles. The number of imide groups is 1. The largest absolute Gasteiger partial charge is 0.452 e. The summed E-state index contributed by atoms with van der Waals surface area (Å²) in [4.78, 5) is 42.7. The minimum Gasteiger partial charge on any atom is -0.452 e. The van der Waals surface area contributed by atoms with Crippen molar-refractivity contribution < 1.29 is 18.8 Å². The molecule has 3 heterocycles. The lowest BCUT2D eigenvalue weighted by Crippen LogP contribution is -2.41. The molecule has 5 unspecified atom stereocenters. The number of hydrogen-bond donors (Lipinski definition) is 0. The first-order chi connectivity index (χ1) is 13.5. The zero-order chi connectivity index (χ0) is 19.4. The predicted molar refractivity (Wildman–Crippen MR) is 104 cm³/mol. The van der Waals surface area contributed by atoms with Crippen molar-refractivity contribution in [3.63, 3.8) is 0 Å². The van der Waals surface area contributed by atoms with Crippen LogP contribution in [0.25, 0.3) is 0 Å². The summed E-state index contributed by atoms with van der Waals surface area (Å²) < 4.78 is 6.25. The molecule has 7 heteroatoms. The number of amides is 3. The number of rotatable bonds is 4. The van der Waals surface area contributed by atoms with Gasteiger partial charge in [0.25, 0.3) is 0 Å². The topological polar surface area (TPSA) is 70.8 Å². The van der Waals surface area contributed by atoms with Gasteiger partial charge < -0.3 is 9.32 Å². The monoisotopic (exact) mass is 446 g/mol. The molecule has 5 rings (SSSR count). The maximum atomic E-state index is 13.3. The highest BCUT2D eigenvalue weighted by atomic mass is 79.9. The SMILES string of the molecule is O=C(CC(c1ccc(Br)o1)N1C(=O)C2C3C=CC(C3)C2C1=O)N1CCCCC1. The predicted octanol–water partition coefficient (Wildman–Crippen LogP) is 3.29. The number of piperidine rings is 1. The van der Waals surface area contributed by atoms with Gasteiger partial charge in [0.1, 0.15) is 11.8 Å². The van der Waals surface area contributed by atoms with Gasteiger partial charge in [-0.05, 0) is 65.6 Å². The van der Waals surface area contributed by atoms with Gasteiger partial charge in [0.05, 0.1) is 18.3 Å². The van der Waals surface area contributed by atoms with Crippen molar-refractivity contribution in [1.82, 2.24) is 9.80 Å². The second-order valence-electron chi connectivity index (χ2n) is 8.35. The fraction of sp³-hybridized carbons (Fsp3) is 0.571. The Hall–Kier alpha value is -1.89. The van der Waals surface area contributed by atoms with E-state index in [0.29, 0.717) is 10.4 Å². The van der Waals surface area contributed by atoms with Crippen LogP contribution in [-0.4, -0.2) is 40.6 Å². The molecule has 2 aliphatic heterocycles. The van der Waals surface area contributed by atoms with Gasteiger partial charge in [-0.25, -0.2) is 0 Å². The number of fused-ring (bicyclic) bond motifs is 5. The fourth-order valence-corrected chi connectivity index (χ4v) is 5.82. The van der Waals surface area contributed by atoms with Crippen LogP contribution in [0.15, 0.2) is 33.4 Å². The molecular formula is C21H23BrN2O4. The Balaban J connectivity index is 1.44. The first-order valence-corrected chi connectivity index (χ1v) is 10.9. The summed E-state index contributed by atoms with van der Waals surface area (Å²) in [6.07, 6.45) is 8.28. The third-order valence-corrected chi connectivity index (χ3v) is 7.24. The molecule has 28 heavy (non-hydrogen) atoms. The van der Waals surface area contributed by atoms with Crippen molar-refractivity contribution in [3.05, 3.63) is 34.7 Å². The number of furan rings is 1. The fourth-order valence-electron chi connectivity index (χ4n) is 5.50. The van der Waals surface area contributed by atoms with Gasteiger partial charge in [-0.3, -0.25) is 19.3 Å². The van der Waals surface area contributed by atoms with Gasteiger partial charge in [-0.1, -0.05) is 12.2 Å². The molecule has 2 aliphatic carbocycles. The van der Waals surface area contributed by atoms with Crippen molar-refractivity contribution >= 4 is 33.7 Å². The van der Waals surface area contributed by atoms with Gasteiger partial charge in [0.2, 0.25) is 17.7 Å². The number of halogens is 1. The molecule has 148 valence electrons. The summed E-state index contributed by atoms with van der Waals surface area (Å²) in [6, 6.07) is 2.82. The molecule has 0 N–H and O–H groups in total. The van der Waals surface area contributed by atoms with Crippen LogP contribution >= 0.6 is 15.9 Å². The quantitative estimate of drug-likeness (QED) is 0.525. The maximum absolute atomic E-state index is 13.3. The number of hydrogen-bond acceptors (Lipinski definition) is 4. The molecule has 2 bridgehead atoms. The van der Waals surface area contributed by atoms with Gasteiger partial charge in [-0.15, -0.1) is 0 Å². The molecule has 1 aromatic rings. The molecule has 0 aromatic carbocycles. The lowest BCUT2D eigenvalue weighted by atomic mass is 9.85. The molecule has 1 aromatic heterocycles. The van der Waals surface area contributed by atoms with E-state index in [1.54, 1.807) is 12.1 Å². The third kappa shape index (κ3) is 2.78. The Bertz CT molecular complexity index is 826.